The molecule has 1 fully saturated rings. The van der Waals surface area contributed by atoms with Crippen LogP contribution >= 0.6 is 0 Å². The first-order valence-corrected chi connectivity index (χ1v) is 8.01. The van der Waals surface area contributed by atoms with E-state index in [1.54, 1.807) is 25.5 Å². The summed E-state index contributed by atoms with van der Waals surface area (Å²) >= 11 is 0. The second-order valence-corrected chi connectivity index (χ2v) is 6.02. The predicted molar refractivity (Wildman–Crippen MR) is 92.5 cm³/mol. The van der Waals surface area contributed by atoms with E-state index in [-0.39, 0.29) is 17.4 Å². The van der Waals surface area contributed by atoms with Crippen molar-refractivity contribution in [3.05, 3.63) is 44.9 Å². The van der Waals surface area contributed by atoms with Gasteiger partial charge in [-0.05, 0) is 18.9 Å². The molecule has 0 radical (unpaired) electrons. The minimum Gasteiger partial charge on any atom is -0.366 e. The molecule has 0 spiro atoms. The number of nitrogens with one attached hydrogen (secondary N) is 1. The smallest absolute Gasteiger partial charge is 0.332 e. The lowest BCUT2D eigenvalue weighted by Gasteiger charge is -2.34. The molecule has 2 aromatic heterocycles. The van der Waals surface area contributed by atoms with E-state index in [1.165, 1.54) is 11.6 Å². The molecule has 130 valence electrons. The molecule has 1 atom stereocenters. The van der Waals surface area contributed by atoms with Gasteiger partial charge in [0.05, 0.1) is 0 Å². The molecule has 0 aromatic carbocycles. The Balaban J connectivity index is 1.89. The summed E-state index contributed by atoms with van der Waals surface area (Å²) in [4.78, 5) is 34.9. The number of aromatic nitrogens is 4. The fourth-order valence-electron chi connectivity index (χ4n) is 3.04. The van der Waals surface area contributed by atoms with Gasteiger partial charge >= 0.3 is 5.69 Å². The molecule has 0 unspecified atom stereocenters. The van der Waals surface area contributed by atoms with Crippen molar-refractivity contribution in [1.29, 1.82) is 5.26 Å². The van der Waals surface area contributed by atoms with Crippen molar-refractivity contribution in [2.45, 2.75) is 18.9 Å². The van der Waals surface area contributed by atoms with Crippen molar-refractivity contribution in [3.63, 3.8) is 0 Å². The molecule has 0 aliphatic carbocycles. The van der Waals surface area contributed by atoms with Gasteiger partial charge in [0.15, 0.2) is 5.56 Å². The average Bonchev–Trinajstić information content (AvgIpc) is 2.65. The van der Waals surface area contributed by atoms with E-state index in [2.05, 4.69) is 15.3 Å². The third kappa shape index (κ3) is 3.10. The Morgan fingerprint density at radius 1 is 1.24 bits per heavy atom. The van der Waals surface area contributed by atoms with E-state index in [1.807, 2.05) is 11.0 Å². The number of nitriles is 1. The van der Waals surface area contributed by atoms with Crippen molar-refractivity contribution in [1.82, 2.24) is 19.1 Å². The zero-order chi connectivity index (χ0) is 18.0. The topological polar surface area (TPSA) is 109 Å². The van der Waals surface area contributed by atoms with Crippen LogP contribution in [0.3, 0.4) is 0 Å². The number of hydrogen-bond donors (Lipinski definition) is 1. The molecule has 9 nitrogen and oxygen atoms in total. The number of rotatable bonds is 3. The first kappa shape index (κ1) is 16.7. The zero-order valence-electron chi connectivity index (χ0n) is 14.1. The third-order valence-electron chi connectivity index (χ3n) is 4.37. The van der Waals surface area contributed by atoms with Crippen LogP contribution in [0.15, 0.2) is 28.0 Å². The van der Waals surface area contributed by atoms with E-state index in [9.17, 15) is 14.9 Å². The number of nitrogens with zero attached hydrogens (tertiary/aromatic N) is 6. The van der Waals surface area contributed by atoms with Crippen LogP contribution < -0.4 is 21.5 Å². The molecule has 9 heteroatoms. The van der Waals surface area contributed by atoms with E-state index in [0.29, 0.717) is 12.5 Å². The zero-order valence-corrected chi connectivity index (χ0v) is 14.1. The Hall–Kier alpha value is -3.15. The van der Waals surface area contributed by atoms with Crippen molar-refractivity contribution in [2.75, 3.05) is 23.3 Å². The summed E-state index contributed by atoms with van der Waals surface area (Å²) in [5.74, 6) is 0.906. The lowest BCUT2D eigenvalue weighted by Crippen LogP contribution is -2.45. The van der Waals surface area contributed by atoms with Crippen LogP contribution in [0.5, 0.6) is 0 Å². The summed E-state index contributed by atoms with van der Waals surface area (Å²) in [6.07, 6.45) is 5.16. The minimum absolute atomic E-state index is 0.0256. The third-order valence-corrected chi connectivity index (χ3v) is 4.37. The molecular formula is C16H19N7O2. The summed E-state index contributed by atoms with van der Waals surface area (Å²) in [6, 6.07) is 3.65. The maximum absolute atomic E-state index is 12.2. The quantitative estimate of drug-likeness (QED) is 0.825. The molecule has 1 aliphatic rings. The van der Waals surface area contributed by atoms with Crippen molar-refractivity contribution >= 4 is 11.8 Å². The SMILES string of the molecule is Cn1c(N[C@H]2CCCN(c3ncccn3)C2)c(C#N)c(=O)n(C)c1=O. The Bertz CT molecular complexity index is 926. The first-order valence-electron chi connectivity index (χ1n) is 8.01. The molecule has 1 N–H and O–H groups in total. The van der Waals surface area contributed by atoms with Crippen molar-refractivity contribution in [3.8, 4) is 6.07 Å². The number of piperidine rings is 1. The van der Waals surface area contributed by atoms with Gasteiger partial charge in [-0.25, -0.2) is 14.8 Å². The van der Waals surface area contributed by atoms with Crippen LogP contribution in [0.25, 0.3) is 0 Å². The largest absolute Gasteiger partial charge is 0.366 e. The summed E-state index contributed by atoms with van der Waals surface area (Å²) in [6.45, 7) is 1.46. The van der Waals surface area contributed by atoms with Crippen molar-refractivity contribution in [2.24, 2.45) is 14.1 Å². The normalized spacial score (nSPS) is 17.2. The fourth-order valence-corrected chi connectivity index (χ4v) is 3.04. The molecule has 3 heterocycles. The van der Waals surface area contributed by atoms with Crippen molar-refractivity contribution < 1.29 is 0 Å². The van der Waals surface area contributed by atoms with Gasteiger partial charge in [0.1, 0.15) is 11.9 Å². The van der Waals surface area contributed by atoms with Crippen LogP contribution in [0.1, 0.15) is 18.4 Å². The molecule has 0 saturated carbocycles. The standard InChI is InChI=1S/C16H19N7O2/c1-21-13(12(9-17)14(24)22(2)16(21)25)20-11-5-3-8-23(10-11)15-18-6-4-7-19-15/h4,6-7,11,20H,3,5,8,10H2,1-2H3/t11-/m0/s1. The molecule has 1 aliphatic heterocycles. The monoisotopic (exact) mass is 341 g/mol. The van der Waals surface area contributed by atoms with E-state index in [4.69, 9.17) is 0 Å². The molecule has 0 bridgehead atoms. The van der Waals surface area contributed by atoms with E-state index >= 15 is 0 Å². The van der Waals surface area contributed by atoms with Gasteiger partial charge < -0.3 is 10.2 Å². The first-order chi connectivity index (χ1) is 12.0. The number of anilines is 2. The summed E-state index contributed by atoms with van der Waals surface area (Å²) in [7, 11) is 2.91. The van der Waals surface area contributed by atoms with Gasteiger partial charge in [-0.1, -0.05) is 0 Å². The van der Waals surface area contributed by atoms with Crippen LogP contribution in [-0.4, -0.2) is 38.2 Å². The highest BCUT2D eigenvalue weighted by Gasteiger charge is 2.24. The second kappa shape index (κ2) is 6.76. The molecule has 0 amide bonds. The van der Waals surface area contributed by atoms with Gasteiger partial charge in [0, 0.05) is 45.6 Å². The maximum atomic E-state index is 12.2. The van der Waals surface area contributed by atoms with Gasteiger partial charge in [0.25, 0.3) is 5.56 Å². The van der Waals surface area contributed by atoms with Crippen LogP contribution in [0, 0.1) is 11.3 Å². The van der Waals surface area contributed by atoms with Gasteiger partial charge in [-0.15, -0.1) is 0 Å². The molecule has 1 saturated heterocycles. The summed E-state index contributed by atoms with van der Waals surface area (Å²) in [5.41, 5.74) is -1.12. The van der Waals surface area contributed by atoms with Crippen LogP contribution in [0.2, 0.25) is 0 Å². The van der Waals surface area contributed by atoms with Crippen LogP contribution in [0.4, 0.5) is 11.8 Å². The lowest BCUT2D eigenvalue weighted by molar-refractivity contribution is 0.517. The van der Waals surface area contributed by atoms with E-state index < -0.39 is 11.2 Å². The molecule has 2 aromatic rings. The van der Waals surface area contributed by atoms with Gasteiger partial charge in [0.2, 0.25) is 5.95 Å². The Morgan fingerprint density at radius 2 is 1.96 bits per heavy atom. The van der Waals surface area contributed by atoms with Crippen LogP contribution in [-0.2, 0) is 14.1 Å². The van der Waals surface area contributed by atoms with Gasteiger partial charge in [-0.2, -0.15) is 5.26 Å². The highest BCUT2D eigenvalue weighted by Crippen LogP contribution is 2.19. The van der Waals surface area contributed by atoms with E-state index in [0.717, 1.165) is 24.0 Å². The minimum atomic E-state index is -0.591. The summed E-state index contributed by atoms with van der Waals surface area (Å²) < 4.78 is 2.24. The Labute approximate surface area is 144 Å². The maximum Gasteiger partial charge on any atom is 0.332 e. The highest BCUT2D eigenvalue weighted by molar-refractivity contribution is 5.52. The summed E-state index contributed by atoms with van der Waals surface area (Å²) in [5, 5.41) is 12.6. The molecular weight excluding hydrogens is 322 g/mol. The highest BCUT2D eigenvalue weighted by atomic mass is 16.2. The second-order valence-electron chi connectivity index (χ2n) is 6.02. The Kier molecular flexibility index (Phi) is 4.52. The molecule has 3 rings (SSSR count). The molecule has 25 heavy (non-hydrogen) atoms. The predicted octanol–water partition coefficient (Wildman–Crippen LogP) is -0.173. The fraction of sp³-hybridized carbons (Fsp3) is 0.438. The average molecular weight is 341 g/mol. The van der Waals surface area contributed by atoms with Gasteiger partial charge in [-0.3, -0.25) is 13.9 Å². The lowest BCUT2D eigenvalue weighted by atomic mass is 10.1. The Morgan fingerprint density at radius 3 is 2.64 bits per heavy atom. The number of hydrogen-bond acceptors (Lipinski definition) is 7.